The normalized spacial score (nSPS) is 14.3. The number of methoxy groups -OCH3 is 1. The van der Waals surface area contributed by atoms with E-state index >= 15 is 0 Å². The number of hydrogen-bond acceptors (Lipinski definition) is 2. The summed E-state index contributed by atoms with van der Waals surface area (Å²) in [4.78, 5) is 9.98. The first-order valence-electron chi connectivity index (χ1n) is 3.54. The van der Waals surface area contributed by atoms with Gasteiger partial charge in [-0.3, -0.25) is 0 Å². The molecule has 11 heavy (non-hydrogen) atoms. The predicted molar refractivity (Wildman–Crippen MR) is 40.1 cm³/mol. The molecule has 0 rings (SSSR count). The molecule has 0 aromatic heterocycles. The third-order valence-electron chi connectivity index (χ3n) is 1.10. The summed E-state index contributed by atoms with van der Waals surface area (Å²) in [6.45, 7) is 5.40. The van der Waals surface area contributed by atoms with Gasteiger partial charge in [0.15, 0.2) is 0 Å². The van der Waals surface area contributed by atoms with E-state index in [2.05, 4.69) is 4.74 Å². The molecular formula is C7H15FO3. The Labute approximate surface area is 66.2 Å². The van der Waals surface area contributed by atoms with Crippen LogP contribution in [0.15, 0.2) is 0 Å². The number of alkyl halides is 1. The van der Waals surface area contributed by atoms with Gasteiger partial charge in [0.2, 0.25) is 0 Å². The van der Waals surface area contributed by atoms with Gasteiger partial charge in [-0.15, -0.1) is 0 Å². The van der Waals surface area contributed by atoms with Crippen molar-refractivity contribution in [3.05, 3.63) is 0 Å². The number of rotatable bonds is 3. The number of carbonyl (C=O) groups is 1. The molecule has 1 unspecified atom stereocenters. The molecule has 3 nitrogen and oxygen atoms in total. The van der Waals surface area contributed by atoms with Gasteiger partial charge >= 0.3 is 11.8 Å². The van der Waals surface area contributed by atoms with Gasteiger partial charge in [0.25, 0.3) is 0 Å². The van der Waals surface area contributed by atoms with E-state index in [0.29, 0.717) is 0 Å². The lowest BCUT2D eigenvalue weighted by Crippen LogP contribution is -2.34. The first-order valence-corrected chi connectivity index (χ1v) is 3.54. The van der Waals surface area contributed by atoms with Gasteiger partial charge in [-0.05, 0) is 0 Å². The highest BCUT2D eigenvalue weighted by molar-refractivity contribution is 5.75. The van der Waals surface area contributed by atoms with Crippen molar-refractivity contribution in [2.24, 2.45) is 0 Å². The fourth-order valence-corrected chi connectivity index (χ4v) is 0.383. The van der Waals surface area contributed by atoms with Crippen LogP contribution in [0.2, 0.25) is 0 Å². The van der Waals surface area contributed by atoms with Crippen LogP contribution in [0.5, 0.6) is 0 Å². The highest BCUT2D eigenvalue weighted by Gasteiger charge is 2.36. The van der Waals surface area contributed by atoms with Crippen LogP contribution in [-0.4, -0.2) is 24.0 Å². The summed E-state index contributed by atoms with van der Waals surface area (Å²) >= 11 is 0. The number of ether oxygens (including phenoxy) is 1. The van der Waals surface area contributed by atoms with Gasteiger partial charge in [-0.1, -0.05) is 20.8 Å². The highest BCUT2D eigenvalue weighted by atomic mass is 19.2. The maximum Gasteiger partial charge on any atom is 0.369 e. The number of carboxylic acid groups (broad SMARTS) is 1. The summed E-state index contributed by atoms with van der Waals surface area (Å²) in [6, 6.07) is 0. The van der Waals surface area contributed by atoms with Crippen molar-refractivity contribution in [3.8, 4) is 0 Å². The van der Waals surface area contributed by atoms with Crippen LogP contribution >= 0.6 is 0 Å². The van der Waals surface area contributed by atoms with E-state index in [1.807, 2.05) is 13.8 Å². The minimum Gasteiger partial charge on any atom is -0.477 e. The van der Waals surface area contributed by atoms with Crippen LogP contribution in [0.1, 0.15) is 27.2 Å². The molecule has 68 valence electrons. The van der Waals surface area contributed by atoms with Crippen LogP contribution in [0.3, 0.4) is 0 Å². The fraction of sp³-hybridized carbons (Fsp3) is 0.857. The Bertz CT molecular complexity index is 110. The van der Waals surface area contributed by atoms with Gasteiger partial charge < -0.3 is 9.84 Å². The molecule has 0 aliphatic rings. The fourth-order valence-electron chi connectivity index (χ4n) is 0.383. The Morgan fingerprint density at radius 3 is 2.00 bits per heavy atom. The van der Waals surface area contributed by atoms with Crippen molar-refractivity contribution in [1.29, 1.82) is 0 Å². The van der Waals surface area contributed by atoms with E-state index in [1.165, 1.54) is 6.92 Å². The lowest BCUT2D eigenvalue weighted by atomic mass is 10.2. The van der Waals surface area contributed by atoms with Crippen LogP contribution in [0, 0.1) is 0 Å². The highest BCUT2D eigenvalue weighted by Crippen LogP contribution is 2.15. The van der Waals surface area contributed by atoms with Gasteiger partial charge in [0.1, 0.15) is 0 Å². The van der Waals surface area contributed by atoms with Gasteiger partial charge in [0, 0.05) is 13.5 Å². The Kier molecular flexibility index (Phi) is 7.20. The average Bonchev–Trinajstić information content (AvgIpc) is 2.06. The zero-order valence-electron chi connectivity index (χ0n) is 7.35. The lowest BCUT2D eigenvalue weighted by Gasteiger charge is -2.15. The maximum absolute atomic E-state index is 12.6. The van der Waals surface area contributed by atoms with Gasteiger partial charge in [-0.25, -0.2) is 4.79 Å². The van der Waals surface area contributed by atoms with Crippen LogP contribution in [0.4, 0.5) is 4.39 Å². The van der Waals surface area contributed by atoms with Crippen molar-refractivity contribution >= 4 is 5.97 Å². The molecule has 0 bridgehead atoms. The SMILES string of the molecule is CC.CCC(F)(OC)C(=O)O. The second kappa shape index (κ2) is 6.09. The molecular weight excluding hydrogens is 151 g/mol. The van der Waals surface area contributed by atoms with Crippen molar-refractivity contribution in [2.45, 2.75) is 33.0 Å². The van der Waals surface area contributed by atoms with E-state index in [4.69, 9.17) is 5.11 Å². The number of aliphatic carboxylic acids is 1. The Hall–Kier alpha value is -0.640. The number of hydrogen-bond donors (Lipinski definition) is 1. The van der Waals surface area contributed by atoms with Gasteiger partial charge in [-0.2, -0.15) is 4.39 Å². The quantitative estimate of drug-likeness (QED) is 0.695. The van der Waals surface area contributed by atoms with E-state index < -0.39 is 11.8 Å². The summed E-state index contributed by atoms with van der Waals surface area (Å²) in [7, 11) is 1.03. The molecule has 0 fully saturated rings. The average molecular weight is 166 g/mol. The number of halogens is 1. The Balaban J connectivity index is 0. The molecule has 0 amide bonds. The second-order valence-corrected chi connectivity index (χ2v) is 1.59. The largest absolute Gasteiger partial charge is 0.477 e. The zero-order chi connectivity index (χ0) is 9.49. The van der Waals surface area contributed by atoms with Crippen molar-refractivity contribution < 1.29 is 19.0 Å². The van der Waals surface area contributed by atoms with E-state index in [0.717, 1.165) is 7.11 Å². The molecule has 0 aromatic rings. The number of carboxylic acids is 1. The minimum atomic E-state index is -2.50. The van der Waals surface area contributed by atoms with Crippen molar-refractivity contribution in [1.82, 2.24) is 0 Å². The summed E-state index contributed by atoms with van der Waals surface area (Å²) < 4.78 is 16.6. The standard InChI is InChI=1S/C5H9FO3.C2H6/c1-3-5(6,9-2)4(7)8;1-2/h3H2,1-2H3,(H,7,8);1-2H3. The molecule has 0 aliphatic heterocycles. The van der Waals surface area contributed by atoms with Crippen LogP contribution in [-0.2, 0) is 9.53 Å². The zero-order valence-corrected chi connectivity index (χ0v) is 7.35. The molecule has 0 heterocycles. The molecule has 0 saturated heterocycles. The molecule has 4 heteroatoms. The topological polar surface area (TPSA) is 46.5 Å². The summed E-state index contributed by atoms with van der Waals surface area (Å²) in [6.07, 6.45) is -0.182. The lowest BCUT2D eigenvalue weighted by molar-refractivity contribution is -0.188. The van der Waals surface area contributed by atoms with Gasteiger partial charge in [0.05, 0.1) is 0 Å². The first kappa shape index (κ1) is 13.0. The third kappa shape index (κ3) is 3.93. The minimum absolute atomic E-state index is 0.182. The first-order chi connectivity index (χ1) is 5.06. The Morgan fingerprint density at radius 2 is 2.00 bits per heavy atom. The molecule has 0 radical (unpaired) electrons. The van der Waals surface area contributed by atoms with E-state index in [-0.39, 0.29) is 6.42 Å². The molecule has 0 aromatic carbocycles. The Morgan fingerprint density at radius 1 is 1.64 bits per heavy atom. The summed E-state index contributed by atoms with van der Waals surface area (Å²) in [5, 5.41) is 8.13. The second-order valence-electron chi connectivity index (χ2n) is 1.59. The monoisotopic (exact) mass is 166 g/mol. The van der Waals surface area contributed by atoms with E-state index in [9.17, 15) is 9.18 Å². The predicted octanol–water partition coefficient (Wildman–Crippen LogP) is 1.82. The summed E-state index contributed by atoms with van der Waals surface area (Å²) in [5.74, 6) is -4.08. The molecule has 1 N–H and O–H groups in total. The van der Waals surface area contributed by atoms with Crippen LogP contribution < -0.4 is 0 Å². The van der Waals surface area contributed by atoms with E-state index in [1.54, 1.807) is 0 Å². The van der Waals surface area contributed by atoms with Crippen LogP contribution in [0.25, 0.3) is 0 Å². The smallest absolute Gasteiger partial charge is 0.369 e. The maximum atomic E-state index is 12.6. The summed E-state index contributed by atoms with van der Waals surface area (Å²) in [5.41, 5.74) is 0. The molecule has 0 aliphatic carbocycles. The van der Waals surface area contributed by atoms with Crippen molar-refractivity contribution in [3.63, 3.8) is 0 Å². The third-order valence-corrected chi connectivity index (χ3v) is 1.10. The van der Waals surface area contributed by atoms with Crippen molar-refractivity contribution in [2.75, 3.05) is 7.11 Å². The molecule has 0 spiro atoms. The molecule has 1 atom stereocenters. The molecule has 0 saturated carbocycles.